The summed E-state index contributed by atoms with van der Waals surface area (Å²) in [6.07, 6.45) is 3.51. The van der Waals surface area contributed by atoms with Crippen molar-refractivity contribution in [2.75, 3.05) is 27.2 Å². The molecular formula is C31H34F3N5. The van der Waals surface area contributed by atoms with Crippen LogP contribution in [0.4, 0.5) is 13.2 Å². The highest BCUT2D eigenvalue weighted by Gasteiger charge is 2.31. The van der Waals surface area contributed by atoms with Crippen molar-refractivity contribution in [3.05, 3.63) is 101 Å². The number of likely N-dealkylation sites (N-methyl/N-ethyl adjacent to an activating group) is 1. The number of hydrogen-bond acceptors (Lipinski definition) is 5. The molecule has 3 heterocycles. The molecule has 204 valence electrons. The molecule has 2 atom stereocenters. The number of piperidine rings is 1. The first-order valence-corrected chi connectivity index (χ1v) is 13.4. The normalized spacial score (nSPS) is 19.7. The molecule has 5 nitrogen and oxygen atoms in total. The summed E-state index contributed by atoms with van der Waals surface area (Å²) >= 11 is 0. The highest BCUT2D eigenvalue weighted by atomic mass is 19.4. The van der Waals surface area contributed by atoms with E-state index in [1.54, 1.807) is 6.07 Å². The molecule has 2 aliphatic heterocycles. The third-order valence-corrected chi connectivity index (χ3v) is 7.71. The van der Waals surface area contributed by atoms with Crippen LogP contribution in [0.5, 0.6) is 0 Å². The highest BCUT2D eigenvalue weighted by Crippen LogP contribution is 2.36. The van der Waals surface area contributed by atoms with Gasteiger partial charge in [-0.15, -0.1) is 5.10 Å². The second kappa shape index (κ2) is 11.3. The number of aromatic nitrogens is 2. The topological polar surface area (TPSA) is 44.3 Å². The van der Waals surface area contributed by atoms with E-state index < -0.39 is 11.7 Å². The lowest BCUT2D eigenvalue weighted by Gasteiger charge is -2.32. The maximum absolute atomic E-state index is 13.6. The van der Waals surface area contributed by atoms with Crippen LogP contribution < -0.4 is 5.32 Å². The number of allylic oxidation sites excluding steroid dienone is 2. The zero-order valence-electron chi connectivity index (χ0n) is 22.5. The van der Waals surface area contributed by atoms with Crippen molar-refractivity contribution in [1.29, 1.82) is 0 Å². The Bertz CT molecular complexity index is 1340. The molecular weight excluding hydrogens is 499 g/mol. The maximum Gasteiger partial charge on any atom is 0.416 e. The highest BCUT2D eigenvalue weighted by molar-refractivity contribution is 5.84. The first-order valence-electron chi connectivity index (χ1n) is 13.4. The minimum absolute atomic E-state index is 0.0935. The van der Waals surface area contributed by atoms with Crippen molar-refractivity contribution < 1.29 is 13.2 Å². The largest absolute Gasteiger partial charge is 0.416 e. The van der Waals surface area contributed by atoms with Gasteiger partial charge in [0.15, 0.2) is 0 Å². The van der Waals surface area contributed by atoms with Crippen LogP contribution in [0, 0.1) is 0 Å². The fourth-order valence-electron chi connectivity index (χ4n) is 5.26. The first kappa shape index (κ1) is 27.1. The van der Waals surface area contributed by atoms with Crippen LogP contribution in [-0.4, -0.2) is 53.3 Å². The van der Waals surface area contributed by atoms with E-state index in [4.69, 9.17) is 0 Å². The van der Waals surface area contributed by atoms with Gasteiger partial charge < -0.3 is 9.80 Å². The third kappa shape index (κ3) is 6.23. The summed E-state index contributed by atoms with van der Waals surface area (Å²) in [7, 11) is 4.11. The van der Waals surface area contributed by atoms with Crippen molar-refractivity contribution >= 4 is 5.57 Å². The van der Waals surface area contributed by atoms with Gasteiger partial charge in [0.1, 0.15) is 5.69 Å². The Labute approximate surface area is 228 Å². The molecule has 2 aliphatic rings. The van der Waals surface area contributed by atoms with Gasteiger partial charge in [0.25, 0.3) is 0 Å². The molecule has 0 spiro atoms. The van der Waals surface area contributed by atoms with E-state index in [-0.39, 0.29) is 18.1 Å². The number of alkyl halides is 3. The molecule has 39 heavy (non-hydrogen) atoms. The van der Waals surface area contributed by atoms with Gasteiger partial charge in [-0.1, -0.05) is 42.5 Å². The molecule has 1 unspecified atom stereocenters. The average molecular weight is 534 g/mol. The SMILES string of the molecule is C[C@H](NC1C=C(c2cc(C3CCN(C)CC3)nnc2-c2cccc(C(F)(F)F)c2)C=CN1C)c1ccccc1. The van der Waals surface area contributed by atoms with E-state index in [2.05, 4.69) is 57.5 Å². The Morgan fingerprint density at radius 2 is 1.69 bits per heavy atom. The molecule has 1 fully saturated rings. The number of likely N-dealkylation sites (tertiary alicyclic amines) is 1. The van der Waals surface area contributed by atoms with Gasteiger partial charge in [0, 0.05) is 36.3 Å². The van der Waals surface area contributed by atoms with Gasteiger partial charge in [0.2, 0.25) is 0 Å². The maximum atomic E-state index is 13.6. The van der Waals surface area contributed by atoms with Crippen molar-refractivity contribution in [2.45, 2.75) is 44.1 Å². The minimum Gasteiger partial charge on any atom is -0.362 e. The summed E-state index contributed by atoms with van der Waals surface area (Å²) in [5.74, 6) is 0.269. The molecule has 0 saturated carbocycles. The van der Waals surface area contributed by atoms with E-state index >= 15 is 0 Å². The number of nitrogens with one attached hydrogen (secondary N) is 1. The molecule has 5 rings (SSSR count). The van der Waals surface area contributed by atoms with E-state index in [0.717, 1.165) is 54.9 Å². The summed E-state index contributed by atoms with van der Waals surface area (Å²) in [5.41, 5.74) is 3.92. The molecule has 2 aromatic carbocycles. The smallest absolute Gasteiger partial charge is 0.362 e. The summed E-state index contributed by atoms with van der Waals surface area (Å²) in [6, 6.07) is 17.7. The number of nitrogens with zero attached hydrogens (tertiary/aromatic N) is 4. The van der Waals surface area contributed by atoms with Crippen molar-refractivity contribution in [2.24, 2.45) is 0 Å². The Morgan fingerprint density at radius 1 is 0.949 bits per heavy atom. The third-order valence-electron chi connectivity index (χ3n) is 7.71. The molecule has 1 saturated heterocycles. The quantitative estimate of drug-likeness (QED) is 0.392. The van der Waals surface area contributed by atoms with Crippen LogP contribution in [0.3, 0.4) is 0 Å². The lowest BCUT2D eigenvalue weighted by atomic mass is 9.90. The van der Waals surface area contributed by atoms with Crippen molar-refractivity contribution in [1.82, 2.24) is 25.3 Å². The van der Waals surface area contributed by atoms with Crippen LogP contribution in [-0.2, 0) is 6.18 Å². The summed E-state index contributed by atoms with van der Waals surface area (Å²) in [4.78, 5) is 4.38. The second-order valence-electron chi connectivity index (χ2n) is 10.5. The molecule has 0 bridgehead atoms. The van der Waals surface area contributed by atoms with Crippen LogP contribution in [0.25, 0.3) is 16.8 Å². The van der Waals surface area contributed by atoms with Crippen molar-refractivity contribution in [3.8, 4) is 11.3 Å². The van der Waals surface area contributed by atoms with Crippen molar-refractivity contribution in [3.63, 3.8) is 0 Å². The number of halogens is 3. The standard InChI is InChI=1S/C31H34F3N5/c1-21(22-8-5-4-6-9-22)35-29-19-24(14-17-39(29)3)27-20-28(23-12-15-38(2)16-13-23)36-37-30(27)25-10-7-11-26(18-25)31(32,33)34/h4-11,14,17-21,23,29,35H,12-13,15-16H2,1-3H3/t21-,29?/m0/s1. The monoisotopic (exact) mass is 533 g/mol. The van der Waals surface area contributed by atoms with Gasteiger partial charge in [-0.2, -0.15) is 18.3 Å². The van der Waals surface area contributed by atoms with E-state index in [1.807, 2.05) is 43.6 Å². The van der Waals surface area contributed by atoms with Crippen LogP contribution >= 0.6 is 0 Å². The number of rotatable bonds is 6. The summed E-state index contributed by atoms with van der Waals surface area (Å²) in [5, 5.41) is 12.8. The molecule has 3 aromatic rings. The van der Waals surface area contributed by atoms with E-state index in [1.165, 1.54) is 11.6 Å². The molecule has 1 aromatic heterocycles. The summed E-state index contributed by atoms with van der Waals surface area (Å²) in [6.45, 7) is 4.08. The first-order chi connectivity index (χ1) is 18.7. The number of hydrogen-bond donors (Lipinski definition) is 1. The minimum atomic E-state index is -4.44. The van der Waals surface area contributed by atoms with Gasteiger partial charge in [0.05, 0.1) is 17.4 Å². The Kier molecular flexibility index (Phi) is 7.86. The zero-order chi connectivity index (χ0) is 27.6. The molecule has 8 heteroatoms. The molecule has 0 amide bonds. The van der Waals surface area contributed by atoms with Gasteiger partial charge in [-0.25, -0.2) is 0 Å². The second-order valence-corrected chi connectivity index (χ2v) is 10.5. The lowest BCUT2D eigenvalue weighted by molar-refractivity contribution is -0.137. The number of benzene rings is 2. The fraction of sp³-hybridized carbons (Fsp3) is 0.355. The van der Waals surface area contributed by atoms with E-state index in [9.17, 15) is 13.2 Å². The average Bonchev–Trinajstić information content (AvgIpc) is 2.94. The molecule has 1 N–H and O–H groups in total. The predicted octanol–water partition coefficient (Wildman–Crippen LogP) is 6.49. The van der Waals surface area contributed by atoms with Crippen LogP contribution in [0.15, 0.2) is 79.0 Å². The molecule has 0 radical (unpaired) electrons. The van der Waals surface area contributed by atoms with Crippen LogP contribution in [0.1, 0.15) is 54.1 Å². The Morgan fingerprint density at radius 3 is 2.41 bits per heavy atom. The zero-order valence-corrected chi connectivity index (χ0v) is 22.5. The van der Waals surface area contributed by atoms with Gasteiger partial charge >= 0.3 is 6.18 Å². The lowest BCUT2D eigenvalue weighted by Crippen LogP contribution is -2.41. The Balaban J connectivity index is 1.54. The van der Waals surface area contributed by atoms with Gasteiger partial charge in [-0.05, 0) is 81.4 Å². The van der Waals surface area contributed by atoms with E-state index in [0.29, 0.717) is 11.3 Å². The summed E-state index contributed by atoms with van der Waals surface area (Å²) < 4.78 is 40.7. The molecule has 0 aliphatic carbocycles. The Hall–Kier alpha value is -3.49. The van der Waals surface area contributed by atoms with Crippen LogP contribution in [0.2, 0.25) is 0 Å². The fourth-order valence-corrected chi connectivity index (χ4v) is 5.26. The van der Waals surface area contributed by atoms with Gasteiger partial charge in [-0.3, -0.25) is 5.32 Å². The predicted molar refractivity (Wildman–Crippen MR) is 149 cm³/mol.